The van der Waals surface area contributed by atoms with Crippen LogP contribution >= 0.6 is 0 Å². The summed E-state index contributed by atoms with van der Waals surface area (Å²) < 4.78 is 4.64. The molecule has 0 saturated carbocycles. The number of rotatable bonds is 2. The lowest BCUT2D eigenvalue weighted by Crippen LogP contribution is -2.25. The molecule has 1 aromatic heterocycles. The third-order valence-corrected chi connectivity index (χ3v) is 1.15. The number of aromatic nitrogens is 1. The highest BCUT2D eigenvalue weighted by molar-refractivity contribution is 5.40. The maximum atomic E-state index is 10.7. The van der Waals surface area contributed by atoms with Crippen molar-refractivity contribution in [2.45, 2.75) is 0 Å². The maximum Gasteiger partial charge on any atom is 0.318 e. The van der Waals surface area contributed by atoms with Crippen LogP contribution in [0.4, 0.5) is 11.7 Å². The molecule has 0 atom stereocenters. The monoisotopic (exact) mass is 143 g/mol. The van der Waals surface area contributed by atoms with Gasteiger partial charge in [-0.25, -0.2) is 0 Å². The minimum Gasteiger partial charge on any atom is -0.423 e. The van der Waals surface area contributed by atoms with E-state index < -0.39 is 0 Å². The van der Waals surface area contributed by atoms with Crippen molar-refractivity contribution >= 4 is 11.7 Å². The fourth-order valence-corrected chi connectivity index (χ4v) is 0.623. The van der Waals surface area contributed by atoms with Gasteiger partial charge in [0, 0.05) is 7.05 Å². The third kappa shape index (κ3) is 0.975. The van der Waals surface area contributed by atoms with E-state index in [1.54, 1.807) is 20.2 Å². The first-order valence-corrected chi connectivity index (χ1v) is 2.87. The van der Waals surface area contributed by atoms with E-state index in [-0.39, 0.29) is 0 Å². The molecule has 1 aromatic rings. The normalized spacial score (nSPS) is 9.40. The Hall–Kier alpha value is -1.39. The largest absolute Gasteiger partial charge is 0.423 e. The van der Waals surface area contributed by atoms with Crippen molar-refractivity contribution < 1.29 is 9.43 Å². The summed E-state index contributed by atoms with van der Waals surface area (Å²) in [6, 6.07) is 1.58. The van der Waals surface area contributed by atoms with Crippen molar-refractivity contribution in [2.24, 2.45) is 0 Å². The lowest BCUT2D eigenvalue weighted by atomic mass is 10.6. The Morgan fingerprint density at radius 3 is 2.50 bits per heavy atom. The van der Waals surface area contributed by atoms with Gasteiger partial charge in [0.1, 0.15) is 5.88 Å². The van der Waals surface area contributed by atoms with Gasteiger partial charge in [0.2, 0.25) is 0 Å². The van der Waals surface area contributed by atoms with Crippen LogP contribution in [0.3, 0.4) is 0 Å². The lowest BCUT2D eigenvalue weighted by molar-refractivity contribution is -0.778. The standard InChI is InChI=1S/C5H9N3O2/c1-6-4-3-5(7-2)10-8(4)9/h3,6-7H,1-2H3. The maximum absolute atomic E-state index is 10.7. The van der Waals surface area contributed by atoms with Crippen LogP contribution in [-0.2, 0) is 0 Å². The van der Waals surface area contributed by atoms with Gasteiger partial charge < -0.3 is 15.0 Å². The molecule has 0 aromatic carbocycles. The number of hydrogen-bond acceptors (Lipinski definition) is 4. The molecular formula is C5H9N3O2. The molecule has 1 rings (SSSR count). The van der Waals surface area contributed by atoms with Crippen LogP contribution in [0, 0.1) is 5.21 Å². The molecule has 0 spiro atoms. The molecule has 0 bridgehead atoms. The Balaban J connectivity index is 2.92. The summed E-state index contributed by atoms with van der Waals surface area (Å²) in [6.07, 6.45) is 0. The van der Waals surface area contributed by atoms with Crippen molar-refractivity contribution in [1.29, 1.82) is 0 Å². The molecule has 0 aliphatic carbocycles. The van der Waals surface area contributed by atoms with Crippen LogP contribution in [0.15, 0.2) is 10.6 Å². The molecule has 0 radical (unpaired) electrons. The molecule has 0 unspecified atom stereocenters. The number of nitrogens with zero attached hydrogens (tertiary/aromatic N) is 1. The zero-order valence-electron chi connectivity index (χ0n) is 5.84. The van der Waals surface area contributed by atoms with Crippen molar-refractivity contribution in [3.8, 4) is 0 Å². The Morgan fingerprint density at radius 2 is 2.20 bits per heavy atom. The molecule has 0 saturated heterocycles. The number of anilines is 2. The minimum absolute atomic E-state index is 0.393. The molecule has 2 N–H and O–H groups in total. The highest BCUT2D eigenvalue weighted by Crippen LogP contribution is 2.09. The smallest absolute Gasteiger partial charge is 0.318 e. The first-order chi connectivity index (χ1) is 4.77. The van der Waals surface area contributed by atoms with E-state index in [0.29, 0.717) is 16.6 Å². The van der Waals surface area contributed by atoms with Crippen LogP contribution < -0.4 is 15.5 Å². The highest BCUT2D eigenvalue weighted by atomic mass is 16.7. The van der Waals surface area contributed by atoms with Crippen molar-refractivity contribution in [3.63, 3.8) is 0 Å². The van der Waals surface area contributed by atoms with Crippen LogP contribution in [0.5, 0.6) is 0 Å². The quantitative estimate of drug-likeness (QED) is 0.572. The van der Waals surface area contributed by atoms with Gasteiger partial charge in [0.25, 0.3) is 0 Å². The zero-order valence-corrected chi connectivity index (χ0v) is 5.84. The van der Waals surface area contributed by atoms with Gasteiger partial charge in [-0.15, -0.1) is 0 Å². The predicted octanol–water partition coefficient (Wildman–Crippen LogP) is -0.00360. The van der Waals surface area contributed by atoms with Gasteiger partial charge in [-0.2, -0.15) is 0 Å². The third-order valence-electron chi connectivity index (χ3n) is 1.15. The topological polar surface area (TPSA) is 64.1 Å². The first-order valence-electron chi connectivity index (χ1n) is 2.87. The summed E-state index contributed by atoms with van der Waals surface area (Å²) in [4.78, 5) is 0.409. The second-order valence-electron chi connectivity index (χ2n) is 1.74. The number of hydrogen-bond donors (Lipinski definition) is 2. The van der Waals surface area contributed by atoms with E-state index in [1.165, 1.54) is 0 Å². The molecular weight excluding hydrogens is 134 g/mol. The highest BCUT2D eigenvalue weighted by Gasteiger charge is 2.04. The van der Waals surface area contributed by atoms with Gasteiger partial charge in [0.15, 0.2) is 0 Å². The zero-order chi connectivity index (χ0) is 7.56. The summed E-state index contributed by atoms with van der Waals surface area (Å²) >= 11 is 0. The van der Waals surface area contributed by atoms with Crippen LogP contribution in [0.25, 0.3) is 0 Å². The van der Waals surface area contributed by atoms with Gasteiger partial charge in [-0.3, -0.25) is 5.32 Å². The molecule has 10 heavy (non-hydrogen) atoms. The summed E-state index contributed by atoms with van der Waals surface area (Å²) in [5, 5.41) is 16.0. The van der Waals surface area contributed by atoms with Gasteiger partial charge in [-0.05, 0) is 4.90 Å². The van der Waals surface area contributed by atoms with Crippen molar-refractivity contribution in [3.05, 3.63) is 11.3 Å². The van der Waals surface area contributed by atoms with Crippen LogP contribution in [-0.4, -0.2) is 14.1 Å². The van der Waals surface area contributed by atoms with E-state index in [4.69, 9.17) is 0 Å². The molecule has 0 fully saturated rings. The minimum atomic E-state index is 0.393. The molecule has 5 heteroatoms. The second kappa shape index (κ2) is 2.47. The molecule has 0 amide bonds. The van der Waals surface area contributed by atoms with Crippen molar-refractivity contribution in [1.82, 2.24) is 0 Å². The average molecular weight is 143 g/mol. The Bertz CT molecular complexity index is 221. The first kappa shape index (κ1) is 6.73. The Labute approximate surface area is 58.2 Å². The van der Waals surface area contributed by atoms with Crippen molar-refractivity contribution in [2.75, 3.05) is 24.7 Å². The summed E-state index contributed by atoms with van der Waals surface area (Å²) in [5.41, 5.74) is 0. The van der Waals surface area contributed by atoms with E-state index in [2.05, 4.69) is 15.2 Å². The van der Waals surface area contributed by atoms with Gasteiger partial charge in [-0.1, -0.05) is 0 Å². The van der Waals surface area contributed by atoms with Gasteiger partial charge >= 0.3 is 5.82 Å². The SMILES string of the molecule is CNc1cc(NC)[n+]([O-])o1. The lowest BCUT2D eigenvalue weighted by Gasteiger charge is -1.93. The Morgan fingerprint density at radius 1 is 1.50 bits per heavy atom. The van der Waals surface area contributed by atoms with E-state index in [1.807, 2.05) is 0 Å². The molecule has 0 aliphatic heterocycles. The fourth-order valence-electron chi connectivity index (χ4n) is 0.623. The molecule has 0 aliphatic rings. The fraction of sp³-hybridized carbons (Fsp3) is 0.400. The second-order valence-corrected chi connectivity index (χ2v) is 1.74. The van der Waals surface area contributed by atoms with E-state index in [9.17, 15) is 5.21 Å². The molecule has 1 heterocycles. The number of nitrogens with one attached hydrogen (secondary N) is 2. The molecule has 5 nitrogen and oxygen atoms in total. The van der Waals surface area contributed by atoms with Gasteiger partial charge in [0.05, 0.1) is 13.1 Å². The Kier molecular flexibility index (Phi) is 1.66. The van der Waals surface area contributed by atoms with E-state index >= 15 is 0 Å². The predicted molar refractivity (Wildman–Crippen MR) is 36.8 cm³/mol. The van der Waals surface area contributed by atoms with E-state index in [0.717, 1.165) is 0 Å². The van der Waals surface area contributed by atoms with Crippen LogP contribution in [0.2, 0.25) is 0 Å². The summed E-state index contributed by atoms with van der Waals surface area (Å²) in [5.74, 6) is 0.837. The summed E-state index contributed by atoms with van der Waals surface area (Å²) in [6.45, 7) is 0. The average Bonchev–Trinajstić information content (AvgIpc) is 2.30. The molecule has 56 valence electrons. The van der Waals surface area contributed by atoms with Crippen LogP contribution in [0.1, 0.15) is 0 Å². The summed E-state index contributed by atoms with van der Waals surface area (Å²) in [7, 11) is 3.33.